The molecule has 0 fully saturated rings. The summed E-state index contributed by atoms with van der Waals surface area (Å²) in [5.41, 5.74) is 1.73. The Hall–Kier alpha value is -2.45. The van der Waals surface area contributed by atoms with Gasteiger partial charge in [-0.25, -0.2) is 17.8 Å². The van der Waals surface area contributed by atoms with Gasteiger partial charge in [-0.1, -0.05) is 12.1 Å². The SMILES string of the molecule is CCn1cc(S(=O)(=O)N[C@H](C)c2cccc(-n3cccn3)c2)cn1. The predicted molar refractivity (Wildman–Crippen MR) is 90.2 cm³/mol. The maximum atomic E-state index is 12.5. The number of hydrogen-bond donors (Lipinski definition) is 1. The third kappa shape index (κ3) is 3.39. The van der Waals surface area contributed by atoms with Crippen LogP contribution in [0.2, 0.25) is 0 Å². The topological polar surface area (TPSA) is 81.8 Å². The van der Waals surface area contributed by atoms with Crippen LogP contribution in [0.5, 0.6) is 0 Å². The monoisotopic (exact) mass is 345 g/mol. The second kappa shape index (κ2) is 6.58. The summed E-state index contributed by atoms with van der Waals surface area (Å²) in [6.07, 6.45) is 6.42. The number of nitrogens with one attached hydrogen (secondary N) is 1. The molecule has 0 aliphatic carbocycles. The summed E-state index contributed by atoms with van der Waals surface area (Å²) in [5.74, 6) is 0. The number of nitrogens with zero attached hydrogens (tertiary/aromatic N) is 4. The van der Waals surface area contributed by atoms with E-state index in [1.165, 1.54) is 12.4 Å². The fourth-order valence-corrected chi connectivity index (χ4v) is 3.57. The van der Waals surface area contributed by atoms with E-state index in [0.29, 0.717) is 6.54 Å². The Bertz CT molecular complexity index is 916. The van der Waals surface area contributed by atoms with Crippen LogP contribution < -0.4 is 4.72 Å². The van der Waals surface area contributed by atoms with Gasteiger partial charge >= 0.3 is 0 Å². The van der Waals surface area contributed by atoms with Gasteiger partial charge in [0.25, 0.3) is 0 Å². The molecule has 0 radical (unpaired) electrons. The van der Waals surface area contributed by atoms with Crippen molar-refractivity contribution in [2.24, 2.45) is 0 Å². The van der Waals surface area contributed by atoms with Crippen molar-refractivity contribution in [1.82, 2.24) is 24.3 Å². The molecule has 0 saturated heterocycles. The van der Waals surface area contributed by atoms with Crippen molar-refractivity contribution in [3.63, 3.8) is 0 Å². The van der Waals surface area contributed by atoms with Gasteiger partial charge in [-0.2, -0.15) is 10.2 Å². The van der Waals surface area contributed by atoms with Crippen LogP contribution in [-0.2, 0) is 16.6 Å². The van der Waals surface area contributed by atoms with Gasteiger partial charge in [0.1, 0.15) is 4.90 Å². The van der Waals surface area contributed by atoms with Gasteiger partial charge in [-0.3, -0.25) is 4.68 Å². The summed E-state index contributed by atoms with van der Waals surface area (Å²) in [6.45, 7) is 4.33. The van der Waals surface area contributed by atoms with Gasteiger partial charge in [0, 0.05) is 31.2 Å². The zero-order valence-electron chi connectivity index (χ0n) is 13.5. The average Bonchev–Trinajstić information content (AvgIpc) is 3.26. The third-order valence-corrected chi connectivity index (χ3v) is 5.21. The molecule has 0 aliphatic heterocycles. The van der Waals surface area contributed by atoms with Crippen LogP contribution in [0, 0.1) is 0 Å². The van der Waals surface area contributed by atoms with Crippen LogP contribution in [-0.4, -0.2) is 28.0 Å². The average molecular weight is 345 g/mol. The Morgan fingerprint density at radius 1 is 1.25 bits per heavy atom. The van der Waals surface area contributed by atoms with Crippen molar-refractivity contribution in [2.75, 3.05) is 0 Å². The molecule has 0 amide bonds. The highest BCUT2D eigenvalue weighted by Crippen LogP contribution is 2.19. The van der Waals surface area contributed by atoms with Gasteiger partial charge in [0.05, 0.1) is 11.9 Å². The van der Waals surface area contributed by atoms with Gasteiger partial charge in [-0.15, -0.1) is 0 Å². The Balaban J connectivity index is 1.82. The zero-order chi connectivity index (χ0) is 17.2. The molecule has 3 rings (SSSR count). The molecule has 1 atom stereocenters. The molecule has 3 aromatic rings. The van der Waals surface area contributed by atoms with E-state index in [2.05, 4.69) is 14.9 Å². The summed E-state index contributed by atoms with van der Waals surface area (Å²) >= 11 is 0. The summed E-state index contributed by atoms with van der Waals surface area (Å²) in [7, 11) is -3.62. The zero-order valence-corrected chi connectivity index (χ0v) is 14.3. The standard InChI is InChI=1S/C16H19N5O2S/c1-3-20-12-16(11-18-20)24(22,23)19-13(2)14-6-4-7-15(10-14)21-9-5-8-17-21/h4-13,19H,3H2,1-2H3/t13-/m1/s1. The quantitative estimate of drug-likeness (QED) is 0.742. The molecule has 2 aromatic heterocycles. The fourth-order valence-electron chi connectivity index (χ4n) is 2.38. The van der Waals surface area contributed by atoms with E-state index in [-0.39, 0.29) is 10.9 Å². The smallest absolute Gasteiger partial charge is 0.244 e. The summed E-state index contributed by atoms with van der Waals surface area (Å²) in [4.78, 5) is 0.166. The lowest BCUT2D eigenvalue weighted by atomic mass is 10.1. The van der Waals surface area contributed by atoms with E-state index in [1.54, 1.807) is 15.6 Å². The van der Waals surface area contributed by atoms with Gasteiger partial charge < -0.3 is 0 Å². The van der Waals surface area contributed by atoms with Gasteiger partial charge in [0.15, 0.2) is 0 Å². The second-order valence-electron chi connectivity index (χ2n) is 5.42. The van der Waals surface area contributed by atoms with Gasteiger partial charge in [0.2, 0.25) is 10.0 Å². The first-order chi connectivity index (χ1) is 11.5. The number of sulfonamides is 1. The maximum Gasteiger partial charge on any atom is 0.244 e. The second-order valence-corrected chi connectivity index (χ2v) is 7.13. The number of benzene rings is 1. The molecule has 7 nitrogen and oxygen atoms in total. The van der Waals surface area contributed by atoms with Crippen molar-refractivity contribution in [1.29, 1.82) is 0 Å². The third-order valence-electron chi connectivity index (χ3n) is 3.71. The van der Waals surface area contributed by atoms with E-state index in [1.807, 2.05) is 50.4 Å². The molecule has 1 N–H and O–H groups in total. The van der Waals surface area contributed by atoms with E-state index < -0.39 is 10.0 Å². The highest BCUT2D eigenvalue weighted by molar-refractivity contribution is 7.89. The highest BCUT2D eigenvalue weighted by atomic mass is 32.2. The molecule has 2 heterocycles. The molecule has 126 valence electrons. The number of rotatable bonds is 6. The number of aryl methyl sites for hydroxylation is 1. The Kier molecular flexibility index (Phi) is 4.50. The minimum absolute atomic E-state index is 0.166. The van der Waals surface area contributed by atoms with E-state index in [9.17, 15) is 8.42 Å². The van der Waals surface area contributed by atoms with Crippen LogP contribution >= 0.6 is 0 Å². The van der Waals surface area contributed by atoms with E-state index in [0.717, 1.165) is 11.3 Å². The lowest BCUT2D eigenvalue weighted by molar-refractivity contribution is 0.566. The molecule has 24 heavy (non-hydrogen) atoms. The normalized spacial score (nSPS) is 13.1. The molecule has 0 spiro atoms. The molecule has 1 aromatic carbocycles. The van der Waals surface area contributed by atoms with Crippen molar-refractivity contribution in [3.8, 4) is 5.69 Å². The van der Waals surface area contributed by atoms with Crippen LogP contribution in [0.3, 0.4) is 0 Å². The molecule has 0 bridgehead atoms. The van der Waals surface area contributed by atoms with E-state index in [4.69, 9.17) is 0 Å². The maximum absolute atomic E-state index is 12.5. The van der Waals surface area contributed by atoms with Crippen LogP contribution in [0.25, 0.3) is 5.69 Å². The molecular weight excluding hydrogens is 326 g/mol. The summed E-state index contributed by atoms with van der Waals surface area (Å²) in [6, 6.07) is 9.06. The molecule has 8 heteroatoms. The van der Waals surface area contributed by atoms with Crippen LogP contribution in [0.15, 0.2) is 60.0 Å². The Morgan fingerprint density at radius 3 is 2.75 bits per heavy atom. The lowest BCUT2D eigenvalue weighted by Crippen LogP contribution is -2.26. The summed E-state index contributed by atoms with van der Waals surface area (Å²) in [5, 5.41) is 8.20. The molecule has 0 aliphatic rings. The van der Waals surface area contributed by atoms with Crippen molar-refractivity contribution in [3.05, 3.63) is 60.7 Å². The predicted octanol–water partition coefficient (Wildman–Crippen LogP) is 2.13. The molecular formula is C16H19N5O2S. The molecule has 0 saturated carbocycles. The first-order valence-corrected chi connectivity index (χ1v) is 9.12. The first kappa shape index (κ1) is 16.4. The summed E-state index contributed by atoms with van der Waals surface area (Å²) < 4.78 is 31.0. The van der Waals surface area contributed by atoms with Crippen molar-refractivity contribution in [2.45, 2.75) is 31.3 Å². The largest absolute Gasteiger partial charge is 0.272 e. The lowest BCUT2D eigenvalue weighted by Gasteiger charge is -2.15. The Morgan fingerprint density at radius 2 is 2.08 bits per heavy atom. The minimum atomic E-state index is -3.62. The van der Waals surface area contributed by atoms with Crippen molar-refractivity contribution >= 4 is 10.0 Å². The minimum Gasteiger partial charge on any atom is -0.272 e. The van der Waals surface area contributed by atoms with E-state index >= 15 is 0 Å². The molecule has 0 unspecified atom stereocenters. The van der Waals surface area contributed by atoms with Crippen molar-refractivity contribution < 1.29 is 8.42 Å². The number of aromatic nitrogens is 4. The van der Waals surface area contributed by atoms with Gasteiger partial charge in [-0.05, 0) is 37.6 Å². The number of hydrogen-bond acceptors (Lipinski definition) is 4. The van der Waals surface area contributed by atoms with Crippen LogP contribution in [0.4, 0.5) is 0 Å². The highest BCUT2D eigenvalue weighted by Gasteiger charge is 2.20. The van der Waals surface area contributed by atoms with Crippen LogP contribution in [0.1, 0.15) is 25.5 Å². The fraction of sp³-hybridized carbons (Fsp3) is 0.250. The Labute approximate surface area is 141 Å². The first-order valence-electron chi connectivity index (χ1n) is 7.64.